The zero-order valence-corrected chi connectivity index (χ0v) is 16.7. The number of hydrogen-bond donors (Lipinski definition) is 1. The average Bonchev–Trinajstić information content (AvgIpc) is 3.19. The van der Waals surface area contributed by atoms with E-state index in [-0.39, 0.29) is 5.91 Å². The lowest BCUT2D eigenvalue weighted by molar-refractivity contribution is 0.0346. The van der Waals surface area contributed by atoms with Crippen LogP contribution in [-0.4, -0.2) is 22.4 Å². The first-order valence-electron chi connectivity index (χ1n) is 8.73. The van der Waals surface area contributed by atoms with Gasteiger partial charge in [-0.2, -0.15) is 0 Å². The molecule has 0 aliphatic heterocycles. The summed E-state index contributed by atoms with van der Waals surface area (Å²) < 4.78 is 0. The van der Waals surface area contributed by atoms with E-state index >= 15 is 0 Å². The average molecular weight is 395 g/mol. The van der Waals surface area contributed by atoms with Crippen molar-refractivity contribution in [3.8, 4) is 0 Å². The van der Waals surface area contributed by atoms with Crippen LogP contribution in [0.25, 0.3) is 0 Å². The molecule has 2 aromatic carbocycles. The summed E-state index contributed by atoms with van der Waals surface area (Å²) in [6.07, 6.45) is 1.63. The van der Waals surface area contributed by atoms with E-state index in [4.69, 9.17) is 4.84 Å². The molecular formula is C21H21N3O3S. The van der Waals surface area contributed by atoms with Gasteiger partial charge in [0.05, 0.1) is 16.8 Å². The van der Waals surface area contributed by atoms with Crippen molar-refractivity contribution in [2.75, 3.05) is 10.4 Å². The number of benzene rings is 2. The van der Waals surface area contributed by atoms with Crippen LogP contribution in [0.2, 0.25) is 0 Å². The highest BCUT2D eigenvalue weighted by Gasteiger charge is 2.27. The van der Waals surface area contributed by atoms with Gasteiger partial charge >= 0.3 is 5.97 Å². The van der Waals surface area contributed by atoms with Gasteiger partial charge in [-0.3, -0.25) is 10.1 Å². The molecule has 0 aliphatic rings. The SMILES string of the molecule is CC(C)(C)N(OC(=O)c1ccccc1)c1ccc(C(=O)Nc2nccs2)cc1. The molecule has 0 radical (unpaired) electrons. The van der Waals surface area contributed by atoms with Crippen molar-refractivity contribution in [3.05, 3.63) is 77.3 Å². The van der Waals surface area contributed by atoms with E-state index in [1.807, 2.05) is 26.8 Å². The molecule has 0 unspecified atom stereocenters. The molecule has 3 aromatic rings. The molecule has 28 heavy (non-hydrogen) atoms. The van der Waals surface area contributed by atoms with Crippen molar-refractivity contribution < 1.29 is 14.4 Å². The largest absolute Gasteiger partial charge is 0.363 e. The molecule has 144 valence electrons. The summed E-state index contributed by atoms with van der Waals surface area (Å²) in [5, 5.41) is 6.62. The normalized spacial score (nSPS) is 11.0. The second-order valence-electron chi connectivity index (χ2n) is 7.05. The van der Waals surface area contributed by atoms with E-state index in [0.717, 1.165) is 0 Å². The van der Waals surface area contributed by atoms with E-state index < -0.39 is 11.5 Å². The number of hydrogen-bond acceptors (Lipinski definition) is 6. The van der Waals surface area contributed by atoms with Crippen LogP contribution >= 0.6 is 11.3 Å². The van der Waals surface area contributed by atoms with Gasteiger partial charge in [-0.25, -0.2) is 14.8 Å². The highest BCUT2D eigenvalue weighted by atomic mass is 32.1. The van der Waals surface area contributed by atoms with E-state index in [9.17, 15) is 9.59 Å². The van der Waals surface area contributed by atoms with Crippen molar-refractivity contribution in [2.24, 2.45) is 0 Å². The van der Waals surface area contributed by atoms with Crippen LogP contribution in [0.4, 0.5) is 10.8 Å². The first-order chi connectivity index (χ1) is 13.3. The fraction of sp³-hybridized carbons (Fsp3) is 0.190. The number of thiazole rings is 1. The van der Waals surface area contributed by atoms with Crippen molar-refractivity contribution in [2.45, 2.75) is 26.3 Å². The van der Waals surface area contributed by atoms with Crippen LogP contribution in [0.3, 0.4) is 0 Å². The number of rotatable bonds is 5. The lowest BCUT2D eigenvalue weighted by Crippen LogP contribution is -2.43. The van der Waals surface area contributed by atoms with Crippen molar-refractivity contribution >= 4 is 34.0 Å². The number of nitrogens with one attached hydrogen (secondary N) is 1. The summed E-state index contributed by atoms with van der Waals surface area (Å²) in [5.74, 6) is -0.689. The molecule has 0 spiro atoms. The van der Waals surface area contributed by atoms with Gasteiger partial charge in [0.2, 0.25) is 0 Å². The standard InChI is InChI=1S/C21H21N3O3S/c1-21(2,3)24(27-19(26)16-7-5-4-6-8-16)17-11-9-15(10-12-17)18(25)23-20-22-13-14-28-20/h4-14H,1-3H3,(H,22,23,25). The Bertz CT molecular complexity index is 933. The maximum Gasteiger partial charge on any atom is 0.363 e. The Morgan fingerprint density at radius 1 is 1.00 bits per heavy atom. The topological polar surface area (TPSA) is 71.5 Å². The van der Waals surface area contributed by atoms with Crippen LogP contribution in [0.1, 0.15) is 41.5 Å². The molecule has 1 aromatic heterocycles. The smallest absolute Gasteiger partial charge is 0.335 e. The highest BCUT2D eigenvalue weighted by molar-refractivity contribution is 7.13. The Hall–Kier alpha value is -3.19. The van der Waals surface area contributed by atoms with Gasteiger partial charge in [0, 0.05) is 17.1 Å². The minimum atomic E-state index is -0.477. The van der Waals surface area contributed by atoms with E-state index in [0.29, 0.717) is 21.9 Å². The summed E-state index contributed by atoms with van der Waals surface area (Å²) in [6, 6.07) is 15.7. The molecule has 0 saturated carbocycles. The number of carbonyl (C=O) groups excluding carboxylic acids is 2. The second kappa shape index (κ2) is 8.22. The van der Waals surface area contributed by atoms with Gasteiger partial charge in [-0.15, -0.1) is 11.3 Å². The molecule has 3 rings (SSSR count). The van der Waals surface area contributed by atoms with Crippen LogP contribution in [-0.2, 0) is 4.84 Å². The summed E-state index contributed by atoms with van der Waals surface area (Å²) in [6.45, 7) is 5.82. The van der Waals surface area contributed by atoms with Crippen molar-refractivity contribution in [3.63, 3.8) is 0 Å². The highest BCUT2D eigenvalue weighted by Crippen LogP contribution is 2.26. The van der Waals surface area contributed by atoms with Crippen molar-refractivity contribution in [1.82, 2.24) is 4.98 Å². The number of hydroxylamine groups is 1. The van der Waals surface area contributed by atoms with Gasteiger partial charge in [-0.05, 0) is 57.2 Å². The molecule has 1 amide bonds. The lowest BCUT2D eigenvalue weighted by atomic mass is 10.1. The predicted molar refractivity (Wildman–Crippen MR) is 111 cm³/mol. The Morgan fingerprint density at radius 3 is 2.25 bits per heavy atom. The van der Waals surface area contributed by atoms with Crippen molar-refractivity contribution in [1.29, 1.82) is 0 Å². The molecule has 0 fully saturated rings. The molecule has 1 N–H and O–H groups in total. The molecular weight excluding hydrogens is 374 g/mol. The van der Waals surface area contributed by atoms with Crippen LogP contribution in [0.5, 0.6) is 0 Å². The van der Waals surface area contributed by atoms with Crippen LogP contribution < -0.4 is 10.4 Å². The maximum atomic E-state index is 12.5. The summed E-state index contributed by atoms with van der Waals surface area (Å²) in [4.78, 5) is 34.5. The molecule has 6 nitrogen and oxygen atoms in total. The van der Waals surface area contributed by atoms with E-state index in [2.05, 4.69) is 10.3 Å². The quantitative estimate of drug-likeness (QED) is 0.630. The Balaban J connectivity index is 1.77. The number of anilines is 2. The third-order valence-corrected chi connectivity index (χ3v) is 4.50. The minimum Gasteiger partial charge on any atom is -0.335 e. The van der Waals surface area contributed by atoms with Gasteiger partial charge < -0.3 is 4.84 Å². The molecule has 0 saturated heterocycles. The van der Waals surface area contributed by atoms with Crippen LogP contribution in [0.15, 0.2) is 66.2 Å². The van der Waals surface area contributed by atoms with Gasteiger partial charge in [0.1, 0.15) is 0 Å². The van der Waals surface area contributed by atoms with E-state index in [1.165, 1.54) is 11.3 Å². The first-order valence-corrected chi connectivity index (χ1v) is 9.61. The van der Waals surface area contributed by atoms with Gasteiger partial charge in [0.25, 0.3) is 5.91 Å². The third-order valence-electron chi connectivity index (χ3n) is 3.81. The first kappa shape index (κ1) is 19.6. The molecule has 0 atom stereocenters. The molecule has 1 heterocycles. The summed E-state index contributed by atoms with van der Waals surface area (Å²) in [5.41, 5.74) is 1.15. The lowest BCUT2D eigenvalue weighted by Gasteiger charge is -2.35. The fourth-order valence-corrected chi connectivity index (χ4v) is 3.01. The summed E-state index contributed by atoms with van der Waals surface area (Å²) in [7, 11) is 0. The monoisotopic (exact) mass is 395 g/mol. The fourth-order valence-electron chi connectivity index (χ4n) is 2.49. The molecule has 0 bridgehead atoms. The Labute approximate surface area is 167 Å². The third kappa shape index (κ3) is 4.75. The number of aromatic nitrogens is 1. The summed E-state index contributed by atoms with van der Waals surface area (Å²) >= 11 is 1.35. The zero-order chi connectivity index (χ0) is 20.1. The number of amides is 1. The second-order valence-corrected chi connectivity index (χ2v) is 7.94. The maximum absolute atomic E-state index is 12.5. The Morgan fingerprint density at radius 2 is 1.68 bits per heavy atom. The Kier molecular flexibility index (Phi) is 5.75. The van der Waals surface area contributed by atoms with Crippen LogP contribution in [0, 0.1) is 0 Å². The van der Waals surface area contributed by atoms with Gasteiger partial charge in [0.15, 0.2) is 5.13 Å². The zero-order valence-electron chi connectivity index (χ0n) is 15.9. The number of carbonyl (C=O) groups is 2. The molecule has 7 heteroatoms. The minimum absolute atomic E-state index is 0.245. The van der Waals surface area contributed by atoms with Gasteiger partial charge in [-0.1, -0.05) is 18.2 Å². The number of nitrogens with zero attached hydrogens (tertiary/aromatic N) is 2. The predicted octanol–water partition coefficient (Wildman–Crippen LogP) is 4.77. The van der Waals surface area contributed by atoms with E-state index in [1.54, 1.807) is 65.2 Å². The molecule has 0 aliphatic carbocycles.